The summed E-state index contributed by atoms with van der Waals surface area (Å²) in [4.78, 5) is 14.3. The fourth-order valence-electron chi connectivity index (χ4n) is 3.60. The van der Waals surface area contributed by atoms with Crippen LogP contribution < -0.4 is 4.72 Å². The van der Waals surface area contributed by atoms with E-state index in [9.17, 15) is 23.4 Å². The maximum absolute atomic E-state index is 12.5. The van der Waals surface area contributed by atoms with Gasteiger partial charge in [-0.1, -0.05) is 25.1 Å². The second kappa shape index (κ2) is 8.87. The minimum absolute atomic E-state index is 0.0332. The number of hydrogen-bond acceptors (Lipinski definition) is 6. The summed E-state index contributed by atoms with van der Waals surface area (Å²) in [6, 6.07) is 7.86. The number of nitrogens with zero attached hydrogens (tertiary/aromatic N) is 1. The van der Waals surface area contributed by atoms with Crippen LogP contribution in [-0.2, 0) is 19.6 Å². The number of hydrogen-bond donors (Lipinski definition) is 3. The van der Waals surface area contributed by atoms with E-state index in [1.807, 2.05) is 0 Å². The molecule has 2 heterocycles. The number of rotatable bonds is 6. The van der Waals surface area contributed by atoms with Gasteiger partial charge in [-0.2, -0.15) is 0 Å². The van der Waals surface area contributed by atoms with Gasteiger partial charge in [0.1, 0.15) is 18.3 Å². The number of benzene rings is 1. The Hall–Kier alpha value is -1.52. The molecule has 0 saturated carbocycles. The standard InChI is InChI=1S/C19H28N2O6S/c1-13-7-9-21(10-8-13)17(22)11-15-18(23)19(24)16(27-15)12-20-28(25,26)14-5-3-2-4-6-14/h2-6,13,15-16,18-20,23-24H,7-12H2,1H3. The monoisotopic (exact) mass is 412 g/mol. The van der Waals surface area contributed by atoms with Crippen molar-refractivity contribution in [2.75, 3.05) is 19.6 Å². The molecular formula is C19H28N2O6S. The Labute approximate surface area is 165 Å². The molecule has 9 heteroatoms. The molecule has 4 unspecified atom stereocenters. The molecule has 2 aliphatic rings. The summed E-state index contributed by atoms with van der Waals surface area (Å²) in [6.07, 6.45) is -2.41. The minimum Gasteiger partial charge on any atom is -0.388 e. The van der Waals surface area contributed by atoms with Gasteiger partial charge in [-0.05, 0) is 30.9 Å². The molecule has 8 nitrogen and oxygen atoms in total. The highest BCUT2D eigenvalue weighted by molar-refractivity contribution is 7.89. The van der Waals surface area contributed by atoms with E-state index in [-0.39, 0.29) is 23.8 Å². The van der Waals surface area contributed by atoms with Crippen LogP contribution in [0.3, 0.4) is 0 Å². The zero-order chi connectivity index (χ0) is 20.3. The van der Waals surface area contributed by atoms with Crippen molar-refractivity contribution >= 4 is 15.9 Å². The van der Waals surface area contributed by atoms with Crippen LogP contribution in [0.2, 0.25) is 0 Å². The zero-order valence-corrected chi connectivity index (χ0v) is 16.7. The van der Waals surface area contributed by atoms with Gasteiger partial charge in [0.25, 0.3) is 0 Å². The SMILES string of the molecule is CC1CCN(C(=O)CC2OC(CNS(=O)(=O)c3ccccc3)C(O)C2O)CC1. The molecule has 1 aromatic rings. The second-order valence-corrected chi connectivity index (χ2v) is 9.39. The summed E-state index contributed by atoms with van der Waals surface area (Å²) in [5, 5.41) is 20.5. The van der Waals surface area contributed by atoms with E-state index in [1.54, 1.807) is 23.1 Å². The fraction of sp³-hybridized carbons (Fsp3) is 0.632. The molecule has 0 aromatic heterocycles. The number of piperidine rings is 1. The molecule has 28 heavy (non-hydrogen) atoms. The van der Waals surface area contributed by atoms with Crippen molar-refractivity contribution in [3.05, 3.63) is 30.3 Å². The number of ether oxygens (including phenoxy) is 1. The Morgan fingerprint density at radius 3 is 2.39 bits per heavy atom. The maximum Gasteiger partial charge on any atom is 0.240 e. The first-order valence-corrected chi connectivity index (χ1v) is 11.1. The average molecular weight is 413 g/mol. The smallest absolute Gasteiger partial charge is 0.240 e. The van der Waals surface area contributed by atoms with E-state index in [2.05, 4.69) is 11.6 Å². The number of aliphatic hydroxyl groups is 2. The lowest BCUT2D eigenvalue weighted by Gasteiger charge is -2.31. The largest absolute Gasteiger partial charge is 0.388 e. The van der Waals surface area contributed by atoms with Gasteiger partial charge in [0, 0.05) is 19.6 Å². The third-order valence-corrected chi connectivity index (χ3v) is 6.94. The lowest BCUT2D eigenvalue weighted by Crippen LogP contribution is -2.41. The van der Waals surface area contributed by atoms with E-state index in [0.29, 0.717) is 19.0 Å². The Bertz CT molecular complexity index is 764. The average Bonchev–Trinajstić information content (AvgIpc) is 2.95. The Kier molecular flexibility index (Phi) is 6.72. The first-order valence-electron chi connectivity index (χ1n) is 9.62. The molecule has 3 rings (SSSR count). The highest BCUT2D eigenvalue weighted by atomic mass is 32.2. The van der Waals surface area contributed by atoms with Gasteiger partial charge in [0.15, 0.2) is 0 Å². The molecule has 0 spiro atoms. The van der Waals surface area contributed by atoms with Crippen LogP contribution in [0, 0.1) is 5.92 Å². The third-order valence-electron chi connectivity index (χ3n) is 5.50. The van der Waals surface area contributed by atoms with E-state index >= 15 is 0 Å². The van der Waals surface area contributed by atoms with E-state index in [0.717, 1.165) is 12.8 Å². The highest BCUT2D eigenvalue weighted by Crippen LogP contribution is 2.25. The lowest BCUT2D eigenvalue weighted by atomic mass is 9.98. The number of amides is 1. The van der Waals surface area contributed by atoms with Crippen molar-refractivity contribution in [1.82, 2.24) is 9.62 Å². The van der Waals surface area contributed by atoms with Gasteiger partial charge in [-0.3, -0.25) is 4.79 Å². The zero-order valence-electron chi connectivity index (χ0n) is 15.9. The quantitative estimate of drug-likeness (QED) is 0.610. The van der Waals surface area contributed by atoms with Gasteiger partial charge < -0.3 is 19.8 Å². The van der Waals surface area contributed by atoms with Crippen LogP contribution in [-0.4, -0.2) is 73.5 Å². The van der Waals surface area contributed by atoms with Crippen molar-refractivity contribution in [2.24, 2.45) is 5.92 Å². The molecule has 2 fully saturated rings. The Morgan fingerprint density at radius 2 is 1.75 bits per heavy atom. The number of sulfonamides is 1. The third kappa shape index (κ3) is 4.90. The fourth-order valence-corrected chi connectivity index (χ4v) is 4.66. The van der Waals surface area contributed by atoms with Crippen LogP contribution in [0.25, 0.3) is 0 Å². The lowest BCUT2D eigenvalue weighted by molar-refractivity contribution is -0.136. The highest BCUT2D eigenvalue weighted by Gasteiger charge is 2.44. The van der Waals surface area contributed by atoms with Crippen LogP contribution in [0.1, 0.15) is 26.2 Å². The van der Waals surface area contributed by atoms with Crippen LogP contribution in [0.5, 0.6) is 0 Å². The van der Waals surface area contributed by atoms with Gasteiger partial charge in [-0.25, -0.2) is 13.1 Å². The van der Waals surface area contributed by atoms with Gasteiger partial charge in [0.2, 0.25) is 15.9 Å². The van der Waals surface area contributed by atoms with Gasteiger partial charge >= 0.3 is 0 Å². The first kappa shape index (κ1) is 21.2. The molecule has 3 N–H and O–H groups in total. The van der Waals surface area contributed by atoms with Gasteiger partial charge in [0.05, 0.1) is 17.4 Å². The summed E-state index contributed by atoms with van der Waals surface area (Å²) < 4.78 is 32.6. The van der Waals surface area contributed by atoms with Gasteiger partial charge in [-0.15, -0.1) is 0 Å². The summed E-state index contributed by atoms with van der Waals surface area (Å²) in [5.74, 6) is 0.481. The number of nitrogens with one attached hydrogen (secondary N) is 1. The van der Waals surface area contributed by atoms with Crippen LogP contribution in [0.4, 0.5) is 0 Å². The molecule has 0 aliphatic carbocycles. The van der Waals surface area contributed by atoms with E-state index in [4.69, 9.17) is 4.74 Å². The molecular weight excluding hydrogens is 384 g/mol. The second-order valence-electron chi connectivity index (χ2n) is 7.63. The Morgan fingerprint density at radius 1 is 1.14 bits per heavy atom. The number of aliphatic hydroxyl groups excluding tert-OH is 2. The predicted molar refractivity (Wildman–Crippen MR) is 102 cm³/mol. The maximum atomic E-state index is 12.5. The summed E-state index contributed by atoms with van der Waals surface area (Å²) >= 11 is 0. The molecule has 156 valence electrons. The van der Waals surface area contributed by atoms with E-state index < -0.39 is 34.4 Å². The van der Waals surface area contributed by atoms with Crippen LogP contribution in [0.15, 0.2) is 35.2 Å². The topological polar surface area (TPSA) is 116 Å². The number of carbonyl (C=O) groups excluding carboxylic acids is 1. The molecule has 2 saturated heterocycles. The number of likely N-dealkylation sites (tertiary alicyclic amines) is 1. The van der Waals surface area contributed by atoms with Crippen molar-refractivity contribution in [2.45, 2.75) is 55.5 Å². The Balaban J connectivity index is 1.54. The molecule has 1 amide bonds. The van der Waals surface area contributed by atoms with Crippen LogP contribution >= 0.6 is 0 Å². The van der Waals surface area contributed by atoms with Crippen molar-refractivity contribution in [3.63, 3.8) is 0 Å². The minimum atomic E-state index is -3.75. The van der Waals surface area contributed by atoms with Crippen molar-refractivity contribution in [1.29, 1.82) is 0 Å². The molecule has 2 aliphatic heterocycles. The molecule has 0 bridgehead atoms. The van der Waals surface area contributed by atoms with Crippen molar-refractivity contribution < 1.29 is 28.2 Å². The summed E-state index contributed by atoms with van der Waals surface area (Å²) in [6.45, 7) is 3.34. The molecule has 0 radical (unpaired) electrons. The summed E-state index contributed by atoms with van der Waals surface area (Å²) in [5.41, 5.74) is 0. The molecule has 4 atom stereocenters. The first-order chi connectivity index (χ1) is 13.3. The summed E-state index contributed by atoms with van der Waals surface area (Å²) in [7, 11) is -3.75. The predicted octanol–water partition coefficient (Wildman–Crippen LogP) is 0.103. The number of carbonyl (C=O) groups is 1. The van der Waals surface area contributed by atoms with E-state index in [1.165, 1.54) is 12.1 Å². The normalized spacial score (nSPS) is 29.2. The van der Waals surface area contributed by atoms with Crippen molar-refractivity contribution in [3.8, 4) is 0 Å². The molecule has 1 aromatic carbocycles.